The van der Waals surface area contributed by atoms with Crippen molar-refractivity contribution in [3.8, 4) is 5.75 Å². The zero-order valence-corrected chi connectivity index (χ0v) is 16.9. The van der Waals surface area contributed by atoms with Gasteiger partial charge in [-0.15, -0.1) is 0 Å². The van der Waals surface area contributed by atoms with Crippen LogP contribution in [0.4, 0.5) is 0 Å². The Bertz CT molecular complexity index is 751. The Labute approximate surface area is 157 Å². The van der Waals surface area contributed by atoms with Crippen LogP contribution in [0.15, 0.2) is 23.1 Å². The van der Waals surface area contributed by atoms with E-state index < -0.39 is 10.0 Å². The van der Waals surface area contributed by atoms with Gasteiger partial charge < -0.3 is 4.74 Å². The molecule has 4 fully saturated rings. The number of nitrogens with one attached hydrogen (secondary N) is 1. The number of sulfonamides is 1. The minimum absolute atomic E-state index is 0.0196. The fraction of sp³-hybridized carbons (Fsp3) is 0.714. The highest BCUT2D eigenvalue weighted by Gasteiger charge is 2.54. The van der Waals surface area contributed by atoms with E-state index in [1.807, 2.05) is 13.0 Å². The van der Waals surface area contributed by atoms with Crippen molar-refractivity contribution >= 4 is 10.0 Å². The summed E-state index contributed by atoms with van der Waals surface area (Å²) in [6, 6.07) is 5.36. The first-order chi connectivity index (χ1) is 12.3. The van der Waals surface area contributed by atoms with Crippen LogP contribution in [0.1, 0.15) is 57.4 Å². The number of hydrogen-bond acceptors (Lipinski definition) is 3. The molecule has 0 unspecified atom stereocenters. The predicted molar refractivity (Wildman–Crippen MR) is 103 cm³/mol. The molecule has 1 aromatic rings. The van der Waals surface area contributed by atoms with Crippen LogP contribution in [-0.2, 0) is 10.0 Å². The molecular formula is C21H31NO3S. The van der Waals surface area contributed by atoms with Crippen molar-refractivity contribution in [3.63, 3.8) is 0 Å². The molecule has 4 bridgehead atoms. The highest BCUT2D eigenvalue weighted by atomic mass is 32.2. The van der Waals surface area contributed by atoms with Gasteiger partial charge in [-0.3, -0.25) is 0 Å². The molecule has 1 aromatic carbocycles. The summed E-state index contributed by atoms with van der Waals surface area (Å²) in [6.07, 6.45) is 8.55. The van der Waals surface area contributed by atoms with Crippen LogP contribution >= 0.6 is 0 Å². The van der Waals surface area contributed by atoms with Gasteiger partial charge in [-0.1, -0.05) is 13.0 Å². The Morgan fingerprint density at radius 1 is 1.15 bits per heavy atom. The first-order valence-corrected chi connectivity index (χ1v) is 11.5. The van der Waals surface area contributed by atoms with Gasteiger partial charge in [0.15, 0.2) is 0 Å². The quantitative estimate of drug-likeness (QED) is 0.805. The zero-order valence-electron chi connectivity index (χ0n) is 16.1. The maximum atomic E-state index is 13.2. The standard InChI is InChI=1S/C21H31NO3S/c1-4-20(21-11-15-8-16(12-21)10-17(9-15)13-21)22-26(23,24)19-7-14(2)5-6-18(19)25-3/h5-7,15-17,20,22H,4,8-13H2,1-3H3/t15?,16?,17?,20-,21?/m0/s1. The molecule has 1 N–H and O–H groups in total. The van der Waals surface area contributed by atoms with E-state index in [0.717, 1.165) is 29.7 Å². The molecule has 0 saturated heterocycles. The number of benzene rings is 1. The van der Waals surface area contributed by atoms with Crippen molar-refractivity contribution in [3.05, 3.63) is 23.8 Å². The highest BCUT2D eigenvalue weighted by Crippen LogP contribution is 2.61. The lowest BCUT2D eigenvalue weighted by molar-refractivity contribution is -0.0704. The number of hydrogen-bond donors (Lipinski definition) is 1. The van der Waals surface area contributed by atoms with Gasteiger partial charge in [0.05, 0.1) is 7.11 Å². The number of rotatable bonds is 6. The van der Waals surface area contributed by atoms with E-state index in [4.69, 9.17) is 4.74 Å². The summed E-state index contributed by atoms with van der Waals surface area (Å²) in [7, 11) is -2.08. The first-order valence-electron chi connectivity index (χ1n) is 10.0. The van der Waals surface area contributed by atoms with Crippen LogP contribution in [0.5, 0.6) is 5.75 Å². The molecule has 4 nitrogen and oxygen atoms in total. The van der Waals surface area contributed by atoms with Gasteiger partial charge in [0.2, 0.25) is 10.0 Å². The minimum atomic E-state index is -3.61. The molecule has 26 heavy (non-hydrogen) atoms. The van der Waals surface area contributed by atoms with E-state index >= 15 is 0 Å². The second-order valence-electron chi connectivity index (χ2n) is 9.02. The monoisotopic (exact) mass is 377 g/mol. The summed E-state index contributed by atoms with van der Waals surface area (Å²) in [5.74, 6) is 2.86. The molecule has 0 amide bonds. The fourth-order valence-corrected chi connectivity index (χ4v) is 8.17. The lowest BCUT2D eigenvalue weighted by atomic mass is 9.47. The van der Waals surface area contributed by atoms with Crippen LogP contribution in [0.3, 0.4) is 0 Å². The molecule has 0 radical (unpaired) electrons. The Morgan fingerprint density at radius 3 is 2.23 bits per heavy atom. The molecular weight excluding hydrogens is 346 g/mol. The molecule has 0 heterocycles. The van der Waals surface area contributed by atoms with E-state index in [0.29, 0.717) is 5.75 Å². The van der Waals surface area contributed by atoms with E-state index in [9.17, 15) is 8.42 Å². The third kappa shape index (κ3) is 3.07. The van der Waals surface area contributed by atoms with Gasteiger partial charge in [-0.05, 0) is 92.7 Å². The maximum absolute atomic E-state index is 13.2. The smallest absolute Gasteiger partial charge is 0.244 e. The zero-order chi connectivity index (χ0) is 18.5. The Hall–Kier alpha value is -1.07. The third-order valence-electron chi connectivity index (χ3n) is 7.14. The van der Waals surface area contributed by atoms with Crippen LogP contribution in [0, 0.1) is 30.1 Å². The van der Waals surface area contributed by atoms with Crippen LogP contribution in [0.25, 0.3) is 0 Å². The summed E-state index contributed by atoms with van der Waals surface area (Å²) in [5, 5.41) is 0. The van der Waals surface area contributed by atoms with Crippen molar-refractivity contribution in [1.82, 2.24) is 4.72 Å². The Balaban J connectivity index is 1.64. The summed E-state index contributed by atoms with van der Waals surface area (Å²) in [6.45, 7) is 4.04. The van der Waals surface area contributed by atoms with Crippen molar-refractivity contribution in [1.29, 1.82) is 0 Å². The summed E-state index contributed by atoms with van der Waals surface area (Å²) in [4.78, 5) is 0.267. The number of aryl methyl sites for hydroxylation is 1. The topological polar surface area (TPSA) is 55.4 Å². The molecule has 1 atom stereocenters. The van der Waals surface area contributed by atoms with Crippen LogP contribution in [-0.4, -0.2) is 21.6 Å². The second kappa shape index (κ2) is 6.52. The molecule has 5 heteroatoms. The summed E-state index contributed by atoms with van der Waals surface area (Å²) in [5.41, 5.74) is 1.09. The van der Waals surface area contributed by atoms with E-state index in [2.05, 4.69) is 11.6 Å². The van der Waals surface area contributed by atoms with Gasteiger partial charge in [0, 0.05) is 6.04 Å². The largest absolute Gasteiger partial charge is 0.495 e. The molecule has 0 spiro atoms. The molecule has 144 valence electrons. The number of ether oxygens (including phenoxy) is 1. The van der Waals surface area contributed by atoms with Crippen LogP contribution in [0.2, 0.25) is 0 Å². The van der Waals surface area contributed by atoms with Crippen molar-refractivity contribution in [2.75, 3.05) is 7.11 Å². The second-order valence-corrected chi connectivity index (χ2v) is 10.7. The minimum Gasteiger partial charge on any atom is -0.495 e. The maximum Gasteiger partial charge on any atom is 0.244 e. The molecule has 4 saturated carbocycles. The molecule has 4 aliphatic rings. The third-order valence-corrected chi connectivity index (χ3v) is 8.63. The normalized spacial score (nSPS) is 34.0. The molecule has 0 aromatic heterocycles. The van der Waals surface area contributed by atoms with Crippen molar-refractivity contribution in [2.45, 2.75) is 69.7 Å². The average molecular weight is 378 g/mol. The van der Waals surface area contributed by atoms with Crippen molar-refractivity contribution in [2.24, 2.45) is 23.2 Å². The van der Waals surface area contributed by atoms with E-state index in [-0.39, 0.29) is 16.4 Å². The van der Waals surface area contributed by atoms with E-state index in [1.54, 1.807) is 12.1 Å². The highest BCUT2D eigenvalue weighted by molar-refractivity contribution is 7.89. The summed E-state index contributed by atoms with van der Waals surface area (Å²) >= 11 is 0. The van der Waals surface area contributed by atoms with Gasteiger partial charge in [0.1, 0.15) is 10.6 Å². The van der Waals surface area contributed by atoms with Gasteiger partial charge in [-0.2, -0.15) is 0 Å². The molecule has 5 rings (SSSR count). The van der Waals surface area contributed by atoms with Crippen molar-refractivity contribution < 1.29 is 13.2 Å². The van der Waals surface area contributed by atoms with Gasteiger partial charge >= 0.3 is 0 Å². The summed E-state index contributed by atoms with van der Waals surface area (Å²) < 4.78 is 34.9. The van der Waals surface area contributed by atoms with E-state index in [1.165, 1.54) is 45.6 Å². The first kappa shape index (κ1) is 18.3. The van der Waals surface area contributed by atoms with Crippen LogP contribution < -0.4 is 9.46 Å². The number of methoxy groups -OCH3 is 1. The lowest BCUT2D eigenvalue weighted by Gasteiger charge is -2.59. The van der Waals surface area contributed by atoms with Gasteiger partial charge in [0.25, 0.3) is 0 Å². The Morgan fingerprint density at radius 2 is 1.73 bits per heavy atom. The predicted octanol–water partition coefficient (Wildman–Crippen LogP) is 4.28. The Kier molecular flexibility index (Phi) is 4.59. The fourth-order valence-electron chi connectivity index (χ4n) is 6.49. The molecule has 4 aliphatic carbocycles. The average Bonchev–Trinajstić information content (AvgIpc) is 2.58. The van der Waals surface area contributed by atoms with Gasteiger partial charge in [-0.25, -0.2) is 13.1 Å². The SMILES string of the molecule is CC[C@H](NS(=O)(=O)c1cc(C)ccc1OC)C12CC3CC(CC(C3)C1)C2. The molecule has 0 aliphatic heterocycles. The lowest BCUT2D eigenvalue weighted by Crippen LogP contribution is -2.56.